The Kier molecular flexibility index (Phi) is 6.38. The lowest BCUT2D eigenvalue weighted by molar-refractivity contribution is -0.0828. The third kappa shape index (κ3) is 4.97. The van der Waals surface area contributed by atoms with Gasteiger partial charge in [0.15, 0.2) is 0 Å². The van der Waals surface area contributed by atoms with Gasteiger partial charge in [0.2, 0.25) is 0 Å². The molecular formula is C12H26O2. The molecule has 86 valence electrons. The summed E-state index contributed by atoms with van der Waals surface area (Å²) in [6, 6.07) is 0. The number of hydrogen-bond acceptors (Lipinski definition) is 2. The first kappa shape index (κ1) is 13.9. The van der Waals surface area contributed by atoms with Gasteiger partial charge in [-0.1, -0.05) is 27.7 Å². The maximum atomic E-state index is 8.76. The minimum absolute atomic E-state index is 0.0764. The van der Waals surface area contributed by atoms with Gasteiger partial charge in [-0.3, -0.25) is 0 Å². The monoisotopic (exact) mass is 202 g/mol. The molecule has 0 aromatic rings. The normalized spacial score (nSPS) is 16.3. The van der Waals surface area contributed by atoms with Crippen LogP contribution in [-0.4, -0.2) is 23.9 Å². The highest BCUT2D eigenvalue weighted by Crippen LogP contribution is 2.28. The van der Waals surface area contributed by atoms with Gasteiger partial charge in [0, 0.05) is 0 Å². The first-order valence-corrected chi connectivity index (χ1v) is 5.67. The zero-order valence-corrected chi connectivity index (χ0v) is 10.3. The summed E-state index contributed by atoms with van der Waals surface area (Å²) in [7, 11) is 0. The van der Waals surface area contributed by atoms with Crippen molar-refractivity contribution in [2.24, 2.45) is 11.8 Å². The number of rotatable bonds is 7. The van der Waals surface area contributed by atoms with Crippen molar-refractivity contribution in [2.45, 2.75) is 53.1 Å². The molecule has 1 N–H and O–H groups in total. The maximum absolute atomic E-state index is 8.76. The Bertz CT molecular complexity index is 143. The molecule has 0 aliphatic heterocycles. The third-order valence-electron chi connectivity index (χ3n) is 2.96. The fourth-order valence-electron chi connectivity index (χ4n) is 1.38. The Labute approximate surface area is 88.7 Å². The van der Waals surface area contributed by atoms with E-state index in [1.54, 1.807) is 0 Å². The van der Waals surface area contributed by atoms with Crippen LogP contribution in [0, 0.1) is 11.8 Å². The Morgan fingerprint density at radius 3 is 2.14 bits per heavy atom. The topological polar surface area (TPSA) is 29.5 Å². The molecule has 0 fully saturated rings. The summed E-state index contributed by atoms with van der Waals surface area (Å²) in [5.41, 5.74) is -0.0764. The van der Waals surface area contributed by atoms with Crippen molar-refractivity contribution in [1.82, 2.24) is 0 Å². The first-order chi connectivity index (χ1) is 6.42. The summed E-state index contributed by atoms with van der Waals surface area (Å²) in [5.74, 6) is 1.21. The predicted molar refractivity (Wildman–Crippen MR) is 60.4 cm³/mol. The van der Waals surface area contributed by atoms with Gasteiger partial charge in [0.05, 0.1) is 18.8 Å². The summed E-state index contributed by atoms with van der Waals surface area (Å²) in [4.78, 5) is 0. The highest BCUT2D eigenvalue weighted by molar-refractivity contribution is 4.79. The molecule has 0 saturated carbocycles. The molecule has 0 amide bonds. The minimum atomic E-state index is -0.0764. The van der Waals surface area contributed by atoms with Gasteiger partial charge in [-0.25, -0.2) is 0 Å². The molecule has 14 heavy (non-hydrogen) atoms. The van der Waals surface area contributed by atoms with Crippen LogP contribution in [0.1, 0.15) is 47.5 Å². The molecule has 0 aliphatic rings. The molecule has 1 atom stereocenters. The van der Waals surface area contributed by atoms with Gasteiger partial charge in [-0.05, 0) is 31.6 Å². The lowest BCUT2D eigenvalue weighted by Crippen LogP contribution is -2.36. The highest BCUT2D eigenvalue weighted by atomic mass is 16.5. The molecule has 0 aromatic heterocycles. The van der Waals surface area contributed by atoms with Gasteiger partial charge in [0.1, 0.15) is 0 Å². The van der Waals surface area contributed by atoms with E-state index in [4.69, 9.17) is 9.84 Å². The SMILES string of the molecule is CC(C)CCC(C)(OCCO)C(C)C. The average molecular weight is 202 g/mol. The van der Waals surface area contributed by atoms with Crippen LogP contribution in [0.2, 0.25) is 0 Å². The van der Waals surface area contributed by atoms with Crippen LogP contribution < -0.4 is 0 Å². The van der Waals surface area contributed by atoms with E-state index in [0.717, 1.165) is 6.42 Å². The molecular weight excluding hydrogens is 176 g/mol. The van der Waals surface area contributed by atoms with Crippen LogP contribution in [0.3, 0.4) is 0 Å². The lowest BCUT2D eigenvalue weighted by atomic mass is 9.85. The molecule has 0 heterocycles. The molecule has 2 heteroatoms. The highest BCUT2D eigenvalue weighted by Gasteiger charge is 2.28. The molecule has 0 rings (SSSR count). The number of hydrogen-bond donors (Lipinski definition) is 1. The second kappa shape index (κ2) is 6.41. The summed E-state index contributed by atoms with van der Waals surface area (Å²) < 4.78 is 5.74. The molecule has 2 nitrogen and oxygen atoms in total. The average Bonchev–Trinajstić information content (AvgIpc) is 2.11. The fourth-order valence-corrected chi connectivity index (χ4v) is 1.38. The van der Waals surface area contributed by atoms with E-state index < -0.39 is 0 Å². The van der Waals surface area contributed by atoms with Crippen molar-refractivity contribution in [2.75, 3.05) is 13.2 Å². The molecule has 0 radical (unpaired) electrons. The molecule has 0 saturated heterocycles. The van der Waals surface area contributed by atoms with E-state index in [9.17, 15) is 0 Å². The van der Waals surface area contributed by atoms with Crippen molar-refractivity contribution < 1.29 is 9.84 Å². The summed E-state index contributed by atoms with van der Waals surface area (Å²) in [6.07, 6.45) is 2.25. The van der Waals surface area contributed by atoms with Crippen LogP contribution in [-0.2, 0) is 4.74 Å². The van der Waals surface area contributed by atoms with Gasteiger partial charge < -0.3 is 9.84 Å². The van der Waals surface area contributed by atoms with Crippen LogP contribution in [0.15, 0.2) is 0 Å². The third-order valence-corrected chi connectivity index (χ3v) is 2.96. The van der Waals surface area contributed by atoms with E-state index >= 15 is 0 Å². The van der Waals surface area contributed by atoms with Gasteiger partial charge in [0.25, 0.3) is 0 Å². The summed E-state index contributed by atoms with van der Waals surface area (Å²) in [6.45, 7) is 11.5. The second-order valence-corrected chi connectivity index (χ2v) is 4.97. The Hall–Kier alpha value is -0.0800. The fraction of sp³-hybridized carbons (Fsp3) is 1.00. The Morgan fingerprint density at radius 1 is 1.21 bits per heavy atom. The number of ether oxygens (including phenoxy) is 1. The lowest BCUT2D eigenvalue weighted by Gasteiger charge is -2.34. The number of aliphatic hydroxyl groups is 1. The predicted octanol–water partition coefficient (Wildman–Crippen LogP) is 2.85. The molecule has 0 aromatic carbocycles. The van der Waals surface area contributed by atoms with Crippen LogP contribution in [0.25, 0.3) is 0 Å². The molecule has 0 bridgehead atoms. The van der Waals surface area contributed by atoms with Crippen LogP contribution in [0.5, 0.6) is 0 Å². The van der Waals surface area contributed by atoms with E-state index in [1.807, 2.05) is 0 Å². The second-order valence-electron chi connectivity index (χ2n) is 4.97. The molecule has 0 aliphatic carbocycles. The van der Waals surface area contributed by atoms with Crippen molar-refractivity contribution in [1.29, 1.82) is 0 Å². The van der Waals surface area contributed by atoms with Gasteiger partial charge >= 0.3 is 0 Å². The van der Waals surface area contributed by atoms with E-state index in [2.05, 4.69) is 34.6 Å². The van der Waals surface area contributed by atoms with E-state index in [-0.39, 0.29) is 12.2 Å². The summed E-state index contributed by atoms with van der Waals surface area (Å²) >= 11 is 0. The van der Waals surface area contributed by atoms with Crippen molar-refractivity contribution in [3.05, 3.63) is 0 Å². The van der Waals surface area contributed by atoms with Gasteiger partial charge in [-0.2, -0.15) is 0 Å². The van der Waals surface area contributed by atoms with E-state index in [1.165, 1.54) is 6.42 Å². The number of aliphatic hydroxyl groups excluding tert-OH is 1. The molecule has 1 unspecified atom stereocenters. The van der Waals surface area contributed by atoms with Gasteiger partial charge in [-0.15, -0.1) is 0 Å². The smallest absolute Gasteiger partial charge is 0.0705 e. The van der Waals surface area contributed by atoms with E-state index in [0.29, 0.717) is 18.4 Å². The van der Waals surface area contributed by atoms with Crippen LogP contribution >= 0.6 is 0 Å². The standard InChI is InChI=1S/C12H26O2/c1-10(2)6-7-12(5,11(3)4)14-9-8-13/h10-11,13H,6-9H2,1-5H3. The largest absolute Gasteiger partial charge is 0.394 e. The Morgan fingerprint density at radius 2 is 1.79 bits per heavy atom. The zero-order valence-electron chi connectivity index (χ0n) is 10.3. The maximum Gasteiger partial charge on any atom is 0.0705 e. The quantitative estimate of drug-likeness (QED) is 0.688. The van der Waals surface area contributed by atoms with Crippen molar-refractivity contribution in [3.63, 3.8) is 0 Å². The van der Waals surface area contributed by atoms with Crippen molar-refractivity contribution in [3.8, 4) is 0 Å². The van der Waals surface area contributed by atoms with Crippen molar-refractivity contribution >= 4 is 0 Å². The first-order valence-electron chi connectivity index (χ1n) is 5.67. The molecule has 0 spiro atoms. The minimum Gasteiger partial charge on any atom is -0.394 e. The Balaban J connectivity index is 4.10. The summed E-state index contributed by atoms with van der Waals surface area (Å²) in [5, 5.41) is 8.76. The van der Waals surface area contributed by atoms with Crippen LogP contribution in [0.4, 0.5) is 0 Å². The zero-order chi connectivity index (χ0) is 11.2.